The van der Waals surface area contributed by atoms with Gasteiger partial charge < -0.3 is 5.32 Å². The Labute approximate surface area is 111 Å². The third-order valence-corrected chi connectivity index (χ3v) is 4.18. The van der Waals surface area contributed by atoms with Crippen molar-refractivity contribution in [3.8, 4) is 0 Å². The lowest BCUT2D eigenvalue weighted by Gasteiger charge is -2.50. The molecule has 3 aliphatic rings. The molecular formula is C12H10BrFN2O2. The van der Waals surface area contributed by atoms with Crippen molar-refractivity contribution in [3.05, 3.63) is 28.5 Å². The Hall–Kier alpha value is -1.43. The van der Waals surface area contributed by atoms with Gasteiger partial charge in [-0.05, 0) is 47.0 Å². The summed E-state index contributed by atoms with van der Waals surface area (Å²) in [4.78, 5) is 23.1. The van der Waals surface area contributed by atoms with E-state index < -0.39 is 5.54 Å². The number of anilines is 1. The summed E-state index contributed by atoms with van der Waals surface area (Å²) in [5.74, 6) is -1.01. The molecule has 2 N–H and O–H groups in total. The van der Waals surface area contributed by atoms with Gasteiger partial charge in [0.2, 0.25) is 5.91 Å². The summed E-state index contributed by atoms with van der Waals surface area (Å²) in [7, 11) is 0. The van der Waals surface area contributed by atoms with Crippen LogP contribution in [0.2, 0.25) is 0 Å². The third kappa shape index (κ3) is 1.63. The highest BCUT2D eigenvalue weighted by Crippen LogP contribution is 2.44. The zero-order chi connectivity index (χ0) is 12.9. The molecule has 0 atom stereocenters. The quantitative estimate of drug-likeness (QED) is 0.819. The van der Waals surface area contributed by atoms with Gasteiger partial charge >= 0.3 is 0 Å². The van der Waals surface area contributed by atoms with Crippen LogP contribution in [0.15, 0.2) is 22.7 Å². The highest BCUT2D eigenvalue weighted by atomic mass is 79.9. The van der Waals surface area contributed by atoms with Crippen molar-refractivity contribution >= 4 is 33.4 Å². The van der Waals surface area contributed by atoms with Gasteiger partial charge in [-0.1, -0.05) is 0 Å². The minimum absolute atomic E-state index is 0.101. The molecule has 4 rings (SSSR count). The van der Waals surface area contributed by atoms with Gasteiger partial charge in [0, 0.05) is 11.6 Å². The van der Waals surface area contributed by atoms with E-state index >= 15 is 0 Å². The van der Waals surface area contributed by atoms with Crippen LogP contribution in [0.5, 0.6) is 0 Å². The number of carbonyl (C=O) groups is 2. The summed E-state index contributed by atoms with van der Waals surface area (Å²) >= 11 is 3.07. The Kier molecular flexibility index (Phi) is 2.45. The molecule has 0 unspecified atom stereocenters. The second kappa shape index (κ2) is 3.78. The lowest BCUT2D eigenvalue weighted by molar-refractivity contribution is -0.148. The average molecular weight is 313 g/mol. The minimum atomic E-state index is -0.751. The largest absolute Gasteiger partial charge is 0.371 e. The van der Waals surface area contributed by atoms with E-state index in [1.807, 2.05) is 0 Å². The van der Waals surface area contributed by atoms with Crippen LogP contribution in [0.3, 0.4) is 0 Å². The van der Waals surface area contributed by atoms with Crippen LogP contribution >= 0.6 is 15.9 Å². The van der Waals surface area contributed by atoms with Gasteiger partial charge in [0.1, 0.15) is 11.4 Å². The molecule has 1 aromatic carbocycles. The van der Waals surface area contributed by atoms with E-state index in [1.54, 1.807) is 12.1 Å². The van der Waals surface area contributed by atoms with Gasteiger partial charge in [0.05, 0.1) is 4.47 Å². The SMILES string of the molecule is O=C1NC(=O)C2(Nc3ccc(Br)c(F)c3)CC1C2. The van der Waals surface area contributed by atoms with Crippen LogP contribution < -0.4 is 10.6 Å². The lowest BCUT2D eigenvalue weighted by atomic mass is 9.64. The Morgan fingerprint density at radius 2 is 2.11 bits per heavy atom. The van der Waals surface area contributed by atoms with Gasteiger partial charge in [-0.25, -0.2) is 4.39 Å². The molecule has 2 aliphatic heterocycles. The molecule has 4 nitrogen and oxygen atoms in total. The van der Waals surface area contributed by atoms with Gasteiger partial charge in [-0.15, -0.1) is 0 Å². The number of nitrogens with one attached hydrogen (secondary N) is 2. The van der Waals surface area contributed by atoms with Crippen molar-refractivity contribution < 1.29 is 14.0 Å². The fourth-order valence-electron chi connectivity index (χ4n) is 2.49. The number of imide groups is 1. The molecule has 1 aliphatic carbocycles. The molecule has 94 valence electrons. The summed E-state index contributed by atoms with van der Waals surface area (Å²) in [6.45, 7) is 0. The molecule has 2 heterocycles. The van der Waals surface area contributed by atoms with E-state index in [9.17, 15) is 14.0 Å². The monoisotopic (exact) mass is 312 g/mol. The number of amides is 2. The predicted molar refractivity (Wildman–Crippen MR) is 66.3 cm³/mol. The molecule has 18 heavy (non-hydrogen) atoms. The normalized spacial score (nSPS) is 29.6. The van der Waals surface area contributed by atoms with E-state index in [-0.39, 0.29) is 23.5 Å². The van der Waals surface area contributed by atoms with Crippen molar-refractivity contribution in [1.29, 1.82) is 0 Å². The molecule has 1 saturated carbocycles. The maximum absolute atomic E-state index is 13.4. The maximum atomic E-state index is 13.4. The first-order chi connectivity index (χ1) is 8.50. The van der Waals surface area contributed by atoms with Crippen LogP contribution in [0.1, 0.15) is 12.8 Å². The van der Waals surface area contributed by atoms with Gasteiger partial charge in [0.25, 0.3) is 5.91 Å². The molecule has 2 saturated heterocycles. The first kappa shape index (κ1) is 11.6. The third-order valence-electron chi connectivity index (χ3n) is 3.54. The van der Waals surface area contributed by atoms with E-state index in [0.29, 0.717) is 23.0 Å². The molecule has 0 spiro atoms. The van der Waals surface area contributed by atoms with Crippen molar-refractivity contribution in [2.24, 2.45) is 5.92 Å². The Balaban J connectivity index is 1.83. The first-order valence-corrected chi connectivity index (χ1v) is 6.38. The molecule has 0 radical (unpaired) electrons. The molecule has 3 fully saturated rings. The zero-order valence-electron chi connectivity index (χ0n) is 9.30. The van der Waals surface area contributed by atoms with E-state index in [2.05, 4.69) is 26.6 Å². The lowest BCUT2D eigenvalue weighted by Crippen LogP contribution is -2.69. The molecule has 6 heteroatoms. The topological polar surface area (TPSA) is 58.2 Å². The Morgan fingerprint density at radius 1 is 1.39 bits per heavy atom. The van der Waals surface area contributed by atoms with Crippen molar-refractivity contribution in [2.75, 3.05) is 5.32 Å². The summed E-state index contributed by atoms with van der Waals surface area (Å²) < 4.78 is 13.8. The summed E-state index contributed by atoms with van der Waals surface area (Å²) in [6, 6.07) is 4.60. The van der Waals surface area contributed by atoms with Gasteiger partial charge in [-0.3, -0.25) is 14.9 Å². The minimum Gasteiger partial charge on any atom is -0.371 e. The van der Waals surface area contributed by atoms with Crippen LogP contribution in [0.25, 0.3) is 0 Å². The molecule has 2 bridgehead atoms. The summed E-state index contributed by atoms with van der Waals surface area (Å²) in [5.41, 5.74) is -0.211. The number of carbonyl (C=O) groups excluding carboxylic acids is 2. The van der Waals surface area contributed by atoms with Crippen LogP contribution in [-0.4, -0.2) is 17.4 Å². The second-order valence-electron chi connectivity index (χ2n) is 4.76. The number of hydrogen-bond acceptors (Lipinski definition) is 3. The van der Waals surface area contributed by atoms with Gasteiger partial charge in [-0.2, -0.15) is 0 Å². The van der Waals surface area contributed by atoms with E-state index in [0.717, 1.165) is 0 Å². The van der Waals surface area contributed by atoms with Crippen molar-refractivity contribution in [1.82, 2.24) is 5.32 Å². The second-order valence-corrected chi connectivity index (χ2v) is 5.61. The van der Waals surface area contributed by atoms with E-state index in [1.165, 1.54) is 6.07 Å². The molecule has 1 aromatic rings. The van der Waals surface area contributed by atoms with Crippen LogP contribution in [0.4, 0.5) is 10.1 Å². The van der Waals surface area contributed by atoms with Crippen molar-refractivity contribution in [2.45, 2.75) is 18.4 Å². The fraction of sp³-hybridized carbons (Fsp3) is 0.333. The first-order valence-electron chi connectivity index (χ1n) is 5.59. The number of halogens is 2. The molecule has 0 aromatic heterocycles. The van der Waals surface area contributed by atoms with E-state index in [4.69, 9.17) is 0 Å². The fourth-order valence-corrected chi connectivity index (χ4v) is 2.74. The zero-order valence-corrected chi connectivity index (χ0v) is 10.9. The number of rotatable bonds is 2. The Bertz CT molecular complexity index is 555. The number of benzene rings is 1. The standard InChI is InChI=1S/C12H10BrFN2O2/c13-8-2-1-7(3-9(8)14)16-12-4-6(5-12)10(17)15-11(12)18/h1-3,6,16H,4-5H2,(H,15,17,18). The average Bonchev–Trinajstić information content (AvgIpc) is 2.25. The summed E-state index contributed by atoms with van der Waals surface area (Å²) in [6.07, 6.45) is 0.963. The maximum Gasteiger partial charge on any atom is 0.252 e. The number of fused-ring (bicyclic) bond motifs is 2. The van der Waals surface area contributed by atoms with Crippen molar-refractivity contribution in [3.63, 3.8) is 0 Å². The Morgan fingerprint density at radius 3 is 2.72 bits per heavy atom. The van der Waals surface area contributed by atoms with Crippen LogP contribution in [0, 0.1) is 11.7 Å². The summed E-state index contributed by atoms with van der Waals surface area (Å²) in [5, 5.41) is 5.36. The smallest absolute Gasteiger partial charge is 0.252 e. The molecular weight excluding hydrogens is 303 g/mol. The number of piperidine rings is 2. The van der Waals surface area contributed by atoms with Crippen LogP contribution in [-0.2, 0) is 9.59 Å². The highest BCUT2D eigenvalue weighted by molar-refractivity contribution is 9.10. The molecule has 2 amide bonds. The predicted octanol–water partition coefficient (Wildman–Crippen LogP) is 1.81. The van der Waals surface area contributed by atoms with Gasteiger partial charge in [0.15, 0.2) is 0 Å². The number of hydrogen-bond donors (Lipinski definition) is 2. The highest BCUT2D eigenvalue weighted by Gasteiger charge is 2.57.